The van der Waals surface area contributed by atoms with Gasteiger partial charge in [0, 0.05) is 6.54 Å². The molecule has 136 valence electrons. The van der Waals surface area contributed by atoms with Crippen LogP contribution >= 0.6 is 0 Å². The molecule has 0 atom stereocenters. The van der Waals surface area contributed by atoms with Gasteiger partial charge in [-0.3, -0.25) is 0 Å². The van der Waals surface area contributed by atoms with Gasteiger partial charge in [0.15, 0.2) is 0 Å². The van der Waals surface area contributed by atoms with Crippen molar-refractivity contribution >= 4 is 10.0 Å². The van der Waals surface area contributed by atoms with E-state index in [2.05, 4.69) is 11.6 Å². The molecule has 7 heteroatoms. The number of nitrogens with one attached hydrogen (secondary N) is 1. The van der Waals surface area contributed by atoms with E-state index >= 15 is 0 Å². The van der Waals surface area contributed by atoms with Crippen LogP contribution in [0.15, 0.2) is 53.4 Å². The molecule has 0 aliphatic carbocycles. The van der Waals surface area contributed by atoms with Crippen molar-refractivity contribution in [3.05, 3.63) is 65.2 Å². The Balaban J connectivity index is 2.06. The minimum atomic E-state index is -4.46. The predicted molar refractivity (Wildman–Crippen MR) is 90.5 cm³/mol. The third-order valence-electron chi connectivity index (χ3n) is 3.77. The third-order valence-corrected chi connectivity index (χ3v) is 5.19. The van der Waals surface area contributed by atoms with Crippen molar-refractivity contribution < 1.29 is 21.6 Å². The summed E-state index contributed by atoms with van der Waals surface area (Å²) in [5, 5.41) is 0. The molecule has 0 bridgehead atoms. The van der Waals surface area contributed by atoms with Crippen molar-refractivity contribution in [2.45, 2.75) is 43.8 Å². The molecule has 0 heterocycles. The molecular weight excluding hydrogens is 351 g/mol. The van der Waals surface area contributed by atoms with E-state index < -0.39 is 21.8 Å². The van der Waals surface area contributed by atoms with E-state index in [1.165, 1.54) is 24.3 Å². The lowest BCUT2D eigenvalue weighted by Gasteiger charge is -2.10. The minimum Gasteiger partial charge on any atom is -0.207 e. The highest BCUT2D eigenvalue weighted by Gasteiger charge is 2.30. The van der Waals surface area contributed by atoms with Crippen molar-refractivity contribution in [1.29, 1.82) is 0 Å². The zero-order valence-electron chi connectivity index (χ0n) is 13.8. The SMILES string of the molecule is CCCCc1ccc(S(=O)(=O)NCc2cccc(C(F)(F)F)c2)cc1. The average molecular weight is 371 g/mol. The second kappa shape index (κ2) is 8.01. The Morgan fingerprint density at radius 1 is 1.00 bits per heavy atom. The number of rotatable bonds is 7. The first kappa shape index (κ1) is 19.5. The molecule has 3 nitrogen and oxygen atoms in total. The maximum absolute atomic E-state index is 12.7. The Morgan fingerprint density at radius 2 is 1.68 bits per heavy atom. The van der Waals surface area contributed by atoms with Gasteiger partial charge in [0.1, 0.15) is 0 Å². The lowest BCUT2D eigenvalue weighted by Crippen LogP contribution is -2.23. The number of aryl methyl sites for hydroxylation is 1. The molecule has 0 radical (unpaired) electrons. The molecule has 0 aromatic heterocycles. The number of sulfonamides is 1. The second-order valence-electron chi connectivity index (χ2n) is 5.77. The summed E-state index contributed by atoms with van der Waals surface area (Å²) in [4.78, 5) is 0.0970. The van der Waals surface area contributed by atoms with Crippen LogP contribution in [-0.4, -0.2) is 8.42 Å². The Bertz CT molecular complexity index is 800. The normalized spacial score (nSPS) is 12.3. The number of unbranched alkanes of at least 4 members (excludes halogenated alkanes) is 1. The van der Waals surface area contributed by atoms with Gasteiger partial charge in [-0.1, -0.05) is 43.7 Å². The molecule has 0 saturated carbocycles. The van der Waals surface area contributed by atoms with E-state index in [0.29, 0.717) is 0 Å². The van der Waals surface area contributed by atoms with Crippen LogP contribution in [0.25, 0.3) is 0 Å². The van der Waals surface area contributed by atoms with Crippen molar-refractivity contribution in [2.75, 3.05) is 0 Å². The summed E-state index contributed by atoms with van der Waals surface area (Å²) in [6.07, 6.45) is -1.49. The van der Waals surface area contributed by atoms with E-state index in [-0.39, 0.29) is 17.0 Å². The first-order valence-corrected chi connectivity index (χ1v) is 9.45. The van der Waals surface area contributed by atoms with Gasteiger partial charge in [0.05, 0.1) is 10.5 Å². The monoisotopic (exact) mass is 371 g/mol. The van der Waals surface area contributed by atoms with Crippen LogP contribution < -0.4 is 4.72 Å². The summed E-state index contributed by atoms with van der Waals surface area (Å²) in [5.74, 6) is 0. The zero-order valence-corrected chi connectivity index (χ0v) is 14.6. The summed E-state index contributed by atoms with van der Waals surface area (Å²) in [7, 11) is -3.78. The van der Waals surface area contributed by atoms with Gasteiger partial charge in [-0.15, -0.1) is 0 Å². The molecule has 0 fully saturated rings. The van der Waals surface area contributed by atoms with Crippen molar-refractivity contribution in [1.82, 2.24) is 4.72 Å². The standard InChI is InChI=1S/C18H20F3NO2S/c1-2-3-5-14-8-10-17(11-9-14)25(23,24)22-13-15-6-4-7-16(12-15)18(19,20)21/h4,6-12,22H,2-3,5,13H2,1H3. The van der Waals surface area contributed by atoms with Gasteiger partial charge in [-0.25, -0.2) is 13.1 Å². The van der Waals surface area contributed by atoms with Gasteiger partial charge in [0.2, 0.25) is 10.0 Å². The van der Waals surface area contributed by atoms with E-state index in [9.17, 15) is 21.6 Å². The fourth-order valence-corrected chi connectivity index (χ4v) is 3.35. The molecule has 0 spiro atoms. The van der Waals surface area contributed by atoms with E-state index in [1.807, 2.05) is 0 Å². The molecule has 1 N–H and O–H groups in total. The average Bonchev–Trinajstić information content (AvgIpc) is 2.58. The van der Waals surface area contributed by atoms with Crippen LogP contribution in [0.2, 0.25) is 0 Å². The first-order chi connectivity index (χ1) is 11.7. The third kappa shape index (κ3) is 5.57. The Labute approximate surface area is 145 Å². The summed E-state index contributed by atoms with van der Waals surface area (Å²) < 4.78 is 65.0. The number of hydrogen-bond acceptors (Lipinski definition) is 2. The summed E-state index contributed by atoms with van der Waals surface area (Å²) >= 11 is 0. The van der Waals surface area contributed by atoms with Gasteiger partial charge in [-0.2, -0.15) is 13.2 Å². The van der Waals surface area contributed by atoms with E-state index in [0.717, 1.165) is 37.0 Å². The number of hydrogen-bond donors (Lipinski definition) is 1. The highest BCUT2D eigenvalue weighted by Crippen LogP contribution is 2.29. The zero-order chi connectivity index (χ0) is 18.5. The quantitative estimate of drug-likeness (QED) is 0.777. The van der Waals surface area contributed by atoms with Gasteiger partial charge in [-0.05, 0) is 42.2 Å². The number of halogens is 3. The van der Waals surface area contributed by atoms with E-state index in [1.54, 1.807) is 12.1 Å². The predicted octanol–water partition coefficient (Wildman–Crippen LogP) is 4.53. The van der Waals surface area contributed by atoms with Crippen LogP contribution in [0, 0.1) is 0 Å². The molecule has 0 amide bonds. The molecule has 0 saturated heterocycles. The maximum atomic E-state index is 12.7. The van der Waals surface area contributed by atoms with Gasteiger partial charge < -0.3 is 0 Å². The Morgan fingerprint density at radius 3 is 2.28 bits per heavy atom. The minimum absolute atomic E-state index is 0.0970. The summed E-state index contributed by atoms with van der Waals surface area (Å²) in [6.45, 7) is 1.88. The summed E-state index contributed by atoms with van der Waals surface area (Å²) in [6, 6.07) is 11.1. The lowest BCUT2D eigenvalue weighted by molar-refractivity contribution is -0.137. The maximum Gasteiger partial charge on any atom is 0.416 e. The lowest BCUT2D eigenvalue weighted by atomic mass is 10.1. The van der Waals surface area contributed by atoms with Crippen LogP contribution in [-0.2, 0) is 29.2 Å². The smallest absolute Gasteiger partial charge is 0.207 e. The van der Waals surface area contributed by atoms with E-state index in [4.69, 9.17) is 0 Å². The van der Waals surface area contributed by atoms with Crippen LogP contribution in [0.1, 0.15) is 36.5 Å². The molecule has 0 unspecified atom stereocenters. The Hall–Kier alpha value is -1.86. The fourth-order valence-electron chi connectivity index (χ4n) is 2.34. The highest BCUT2D eigenvalue weighted by molar-refractivity contribution is 7.89. The molecular formula is C18H20F3NO2S. The van der Waals surface area contributed by atoms with Crippen LogP contribution in [0.3, 0.4) is 0 Å². The molecule has 0 aliphatic heterocycles. The fraction of sp³-hybridized carbons (Fsp3) is 0.333. The highest BCUT2D eigenvalue weighted by atomic mass is 32.2. The number of alkyl halides is 3. The van der Waals surface area contributed by atoms with Gasteiger partial charge in [0.25, 0.3) is 0 Å². The number of benzene rings is 2. The largest absolute Gasteiger partial charge is 0.416 e. The van der Waals surface area contributed by atoms with Crippen molar-refractivity contribution in [2.24, 2.45) is 0 Å². The molecule has 0 aliphatic rings. The molecule has 2 aromatic rings. The Kier molecular flexibility index (Phi) is 6.24. The molecule has 25 heavy (non-hydrogen) atoms. The van der Waals surface area contributed by atoms with Crippen molar-refractivity contribution in [3.63, 3.8) is 0 Å². The topological polar surface area (TPSA) is 46.2 Å². The van der Waals surface area contributed by atoms with Crippen LogP contribution in [0.5, 0.6) is 0 Å². The first-order valence-electron chi connectivity index (χ1n) is 7.97. The summed E-state index contributed by atoms with van der Waals surface area (Å²) in [5.41, 5.74) is 0.501. The molecule has 2 aromatic carbocycles. The van der Waals surface area contributed by atoms with Crippen LogP contribution in [0.4, 0.5) is 13.2 Å². The van der Waals surface area contributed by atoms with Gasteiger partial charge >= 0.3 is 6.18 Å². The van der Waals surface area contributed by atoms with Crippen molar-refractivity contribution in [3.8, 4) is 0 Å². The second-order valence-corrected chi connectivity index (χ2v) is 7.54. The molecule has 2 rings (SSSR count).